The summed E-state index contributed by atoms with van der Waals surface area (Å²) < 4.78 is 5.58. The average Bonchev–Trinajstić information content (AvgIpc) is 2.54. The topological polar surface area (TPSA) is 67.4 Å². The molecule has 0 saturated heterocycles. The fourth-order valence-electron chi connectivity index (χ4n) is 1.86. The van der Waals surface area contributed by atoms with Gasteiger partial charge in [-0.2, -0.15) is 0 Å². The number of rotatable bonds is 6. The molecule has 2 aromatic carbocycles. The molecule has 0 spiro atoms. The number of carbonyl (C=O) groups is 2. The van der Waals surface area contributed by atoms with Crippen molar-refractivity contribution in [2.75, 3.05) is 17.2 Å². The van der Waals surface area contributed by atoms with E-state index >= 15 is 0 Å². The summed E-state index contributed by atoms with van der Waals surface area (Å²) in [6.07, 6.45) is 1.58. The molecule has 0 unspecified atom stereocenters. The Balaban J connectivity index is 2.12. The number of hydrogen-bond donors (Lipinski definition) is 2. The van der Waals surface area contributed by atoms with Crippen molar-refractivity contribution in [1.82, 2.24) is 0 Å². The van der Waals surface area contributed by atoms with E-state index in [0.717, 1.165) is 12.7 Å². The molecule has 0 fully saturated rings. The van der Waals surface area contributed by atoms with Gasteiger partial charge in [-0.25, -0.2) is 4.79 Å². The summed E-state index contributed by atoms with van der Waals surface area (Å²) in [5.41, 5.74) is 1.62. The maximum absolute atomic E-state index is 12.0. The largest absolute Gasteiger partial charge is 0.491 e. The van der Waals surface area contributed by atoms with Crippen LogP contribution in [0.25, 0.3) is 0 Å². The van der Waals surface area contributed by atoms with Gasteiger partial charge >= 0.3 is 6.03 Å². The first-order valence-electron chi connectivity index (χ1n) is 7.08. The lowest BCUT2D eigenvalue weighted by atomic mass is 10.2. The monoisotopic (exact) mass is 298 g/mol. The number of aldehydes is 1. The number of urea groups is 1. The molecule has 2 amide bonds. The van der Waals surface area contributed by atoms with Crippen LogP contribution in [0.15, 0.2) is 48.5 Å². The van der Waals surface area contributed by atoms with Crippen LogP contribution in [0.1, 0.15) is 23.7 Å². The Morgan fingerprint density at radius 3 is 2.59 bits per heavy atom. The number of benzene rings is 2. The highest BCUT2D eigenvalue weighted by atomic mass is 16.5. The Bertz CT molecular complexity index is 642. The molecule has 0 atom stereocenters. The first-order chi connectivity index (χ1) is 10.7. The molecular formula is C17H18N2O3. The van der Waals surface area contributed by atoms with Crippen LogP contribution >= 0.6 is 0 Å². The number of ether oxygens (including phenoxy) is 1. The molecule has 5 nitrogen and oxygen atoms in total. The highest BCUT2D eigenvalue weighted by Gasteiger charge is 2.09. The average molecular weight is 298 g/mol. The maximum atomic E-state index is 12.0. The summed E-state index contributed by atoms with van der Waals surface area (Å²) in [5, 5.41) is 5.43. The molecule has 0 heterocycles. The molecule has 0 aliphatic rings. The second-order valence-electron chi connectivity index (χ2n) is 4.67. The van der Waals surface area contributed by atoms with Crippen LogP contribution in [0, 0.1) is 0 Å². The minimum atomic E-state index is -0.393. The first kappa shape index (κ1) is 15.6. The molecular weight excluding hydrogens is 280 g/mol. The highest BCUT2D eigenvalue weighted by molar-refractivity contribution is 6.01. The van der Waals surface area contributed by atoms with Gasteiger partial charge in [0, 0.05) is 11.3 Å². The number of anilines is 2. The van der Waals surface area contributed by atoms with E-state index in [0.29, 0.717) is 29.3 Å². The summed E-state index contributed by atoms with van der Waals surface area (Å²) in [6, 6.07) is 13.6. The van der Waals surface area contributed by atoms with E-state index in [2.05, 4.69) is 10.6 Å². The van der Waals surface area contributed by atoms with Crippen LogP contribution in [0.2, 0.25) is 0 Å². The molecule has 0 bridgehead atoms. The number of para-hydroxylation sites is 1. The molecule has 0 aliphatic carbocycles. The van der Waals surface area contributed by atoms with Crippen LogP contribution in [0.3, 0.4) is 0 Å². The third-order valence-electron chi connectivity index (χ3n) is 2.88. The van der Waals surface area contributed by atoms with Crippen molar-refractivity contribution in [3.05, 3.63) is 54.1 Å². The van der Waals surface area contributed by atoms with Gasteiger partial charge in [0.25, 0.3) is 0 Å². The fraction of sp³-hybridized carbons (Fsp3) is 0.176. The summed E-state index contributed by atoms with van der Waals surface area (Å²) in [6.45, 7) is 2.53. The molecule has 0 radical (unpaired) electrons. The van der Waals surface area contributed by atoms with Crippen molar-refractivity contribution in [2.24, 2.45) is 0 Å². The Labute approximate surface area is 129 Å². The fourth-order valence-corrected chi connectivity index (χ4v) is 1.86. The number of carbonyl (C=O) groups excluding carboxylic acids is 2. The summed E-state index contributed by atoms with van der Waals surface area (Å²) in [5.74, 6) is 0.538. The van der Waals surface area contributed by atoms with Crippen molar-refractivity contribution >= 4 is 23.7 Å². The predicted molar refractivity (Wildman–Crippen MR) is 86.7 cm³/mol. The minimum absolute atomic E-state index is 0.393. The first-order valence-corrected chi connectivity index (χ1v) is 7.08. The van der Waals surface area contributed by atoms with Gasteiger partial charge < -0.3 is 15.4 Å². The van der Waals surface area contributed by atoms with Crippen LogP contribution < -0.4 is 15.4 Å². The third-order valence-corrected chi connectivity index (χ3v) is 2.88. The van der Waals surface area contributed by atoms with Crippen LogP contribution in [0.4, 0.5) is 16.2 Å². The zero-order valence-corrected chi connectivity index (χ0v) is 12.3. The van der Waals surface area contributed by atoms with E-state index in [-0.39, 0.29) is 0 Å². The lowest BCUT2D eigenvalue weighted by molar-refractivity contribution is 0.112. The normalized spacial score (nSPS) is 9.86. The second-order valence-corrected chi connectivity index (χ2v) is 4.67. The quantitative estimate of drug-likeness (QED) is 0.794. The zero-order valence-electron chi connectivity index (χ0n) is 12.3. The van der Waals surface area contributed by atoms with Gasteiger partial charge in [0.05, 0.1) is 12.3 Å². The minimum Gasteiger partial charge on any atom is -0.491 e. The van der Waals surface area contributed by atoms with Gasteiger partial charge in [-0.3, -0.25) is 4.79 Å². The van der Waals surface area contributed by atoms with E-state index in [1.54, 1.807) is 30.3 Å². The molecule has 22 heavy (non-hydrogen) atoms. The summed E-state index contributed by atoms with van der Waals surface area (Å²) in [7, 11) is 0. The number of amides is 2. The Kier molecular flexibility index (Phi) is 5.54. The molecule has 0 aromatic heterocycles. The lowest BCUT2D eigenvalue weighted by Crippen LogP contribution is -2.20. The lowest BCUT2D eigenvalue weighted by Gasteiger charge is -2.13. The number of nitrogens with one attached hydrogen (secondary N) is 2. The SMILES string of the molecule is CCCOc1ccc(C=O)cc1NC(=O)Nc1ccccc1. The molecule has 114 valence electrons. The van der Waals surface area contributed by atoms with Crippen LogP contribution in [0.5, 0.6) is 5.75 Å². The smallest absolute Gasteiger partial charge is 0.323 e. The molecule has 0 aliphatic heterocycles. The van der Waals surface area contributed by atoms with E-state index in [9.17, 15) is 9.59 Å². The highest BCUT2D eigenvalue weighted by Crippen LogP contribution is 2.26. The Hall–Kier alpha value is -2.82. The predicted octanol–water partition coefficient (Wildman–Crippen LogP) is 3.93. The number of hydrogen-bond acceptors (Lipinski definition) is 3. The van der Waals surface area contributed by atoms with E-state index in [1.807, 2.05) is 25.1 Å². The van der Waals surface area contributed by atoms with Gasteiger partial charge in [0.1, 0.15) is 12.0 Å². The van der Waals surface area contributed by atoms with Gasteiger partial charge in [-0.05, 0) is 36.8 Å². The van der Waals surface area contributed by atoms with Crippen molar-refractivity contribution < 1.29 is 14.3 Å². The summed E-state index contributed by atoms with van der Waals surface area (Å²) >= 11 is 0. The molecule has 0 saturated carbocycles. The van der Waals surface area contributed by atoms with Crippen molar-refractivity contribution in [1.29, 1.82) is 0 Å². The molecule has 2 N–H and O–H groups in total. The van der Waals surface area contributed by atoms with Crippen molar-refractivity contribution in [3.63, 3.8) is 0 Å². The zero-order chi connectivity index (χ0) is 15.8. The molecule has 2 rings (SSSR count). The standard InChI is InChI=1S/C17H18N2O3/c1-2-10-22-16-9-8-13(12-20)11-15(16)19-17(21)18-14-6-4-3-5-7-14/h3-9,11-12H,2,10H2,1H3,(H2,18,19,21). The van der Waals surface area contributed by atoms with Crippen LogP contribution in [-0.2, 0) is 0 Å². The Morgan fingerprint density at radius 2 is 1.91 bits per heavy atom. The Morgan fingerprint density at radius 1 is 1.14 bits per heavy atom. The maximum Gasteiger partial charge on any atom is 0.323 e. The molecule has 5 heteroatoms. The van der Waals surface area contributed by atoms with Gasteiger partial charge in [-0.1, -0.05) is 25.1 Å². The van der Waals surface area contributed by atoms with Gasteiger partial charge in [0.2, 0.25) is 0 Å². The van der Waals surface area contributed by atoms with E-state index in [1.165, 1.54) is 0 Å². The second kappa shape index (κ2) is 7.83. The third kappa shape index (κ3) is 4.34. The van der Waals surface area contributed by atoms with Gasteiger partial charge in [0.15, 0.2) is 0 Å². The van der Waals surface area contributed by atoms with Crippen LogP contribution in [-0.4, -0.2) is 18.9 Å². The van der Waals surface area contributed by atoms with E-state index in [4.69, 9.17) is 4.74 Å². The molecule has 2 aromatic rings. The van der Waals surface area contributed by atoms with Crippen molar-refractivity contribution in [3.8, 4) is 5.75 Å². The summed E-state index contributed by atoms with van der Waals surface area (Å²) in [4.78, 5) is 22.9. The van der Waals surface area contributed by atoms with Gasteiger partial charge in [-0.15, -0.1) is 0 Å². The van der Waals surface area contributed by atoms with E-state index < -0.39 is 6.03 Å². The van der Waals surface area contributed by atoms with Crippen molar-refractivity contribution in [2.45, 2.75) is 13.3 Å².